The summed E-state index contributed by atoms with van der Waals surface area (Å²) >= 11 is 0. The van der Waals surface area contributed by atoms with E-state index in [4.69, 9.17) is 4.52 Å². The Kier molecular flexibility index (Phi) is 3.55. The molecule has 0 bridgehead atoms. The highest BCUT2D eigenvalue weighted by Crippen LogP contribution is 2.10. The molecule has 0 saturated carbocycles. The van der Waals surface area contributed by atoms with E-state index in [-0.39, 0.29) is 0 Å². The maximum absolute atomic E-state index is 4.96. The van der Waals surface area contributed by atoms with E-state index in [2.05, 4.69) is 20.8 Å². The number of aryl methyl sites for hydroxylation is 1. The average molecular weight is 210 g/mol. The molecule has 1 saturated heterocycles. The van der Waals surface area contributed by atoms with Gasteiger partial charge in [-0.2, -0.15) is 4.98 Å². The number of nitrogens with one attached hydrogen (secondary N) is 2. The number of anilines is 1. The maximum atomic E-state index is 4.96. The van der Waals surface area contributed by atoms with Gasteiger partial charge in [-0.25, -0.2) is 0 Å². The van der Waals surface area contributed by atoms with Crippen LogP contribution in [0.1, 0.15) is 31.5 Å². The first-order valence-corrected chi connectivity index (χ1v) is 5.62. The van der Waals surface area contributed by atoms with Gasteiger partial charge in [0.15, 0.2) is 5.82 Å². The van der Waals surface area contributed by atoms with Crippen molar-refractivity contribution in [2.45, 2.75) is 38.6 Å². The molecule has 1 unspecified atom stereocenters. The first-order valence-electron chi connectivity index (χ1n) is 5.62. The topological polar surface area (TPSA) is 63.0 Å². The number of nitrogens with zero attached hydrogens (tertiary/aromatic N) is 2. The molecule has 1 aliphatic heterocycles. The lowest BCUT2D eigenvalue weighted by molar-refractivity contribution is 0.385. The highest BCUT2D eigenvalue weighted by atomic mass is 16.5. The van der Waals surface area contributed by atoms with E-state index in [1.165, 1.54) is 19.3 Å². The molecule has 1 aromatic rings. The van der Waals surface area contributed by atoms with Crippen LogP contribution in [0.15, 0.2) is 4.52 Å². The van der Waals surface area contributed by atoms with Crippen LogP contribution < -0.4 is 10.6 Å². The van der Waals surface area contributed by atoms with Crippen LogP contribution in [0.4, 0.5) is 6.01 Å². The van der Waals surface area contributed by atoms with Gasteiger partial charge in [-0.1, -0.05) is 11.6 Å². The lowest BCUT2D eigenvalue weighted by atomic mass is 10.0. The Balaban J connectivity index is 1.65. The molecule has 0 spiro atoms. The van der Waals surface area contributed by atoms with E-state index < -0.39 is 0 Å². The van der Waals surface area contributed by atoms with E-state index in [1.807, 2.05) is 6.92 Å². The third kappa shape index (κ3) is 3.20. The molecule has 1 aromatic heterocycles. The van der Waals surface area contributed by atoms with E-state index >= 15 is 0 Å². The van der Waals surface area contributed by atoms with Gasteiger partial charge in [0.05, 0.1) is 0 Å². The summed E-state index contributed by atoms with van der Waals surface area (Å²) in [6.07, 6.45) is 5.05. The van der Waals surface area contributed by atoms with Crippen molar-refractivity contribution >= 4 is 6.01 Å². The standard InChI is InChI=1S/C10H18N4O/c1-8-13-10(15-14-8)12-7-5-9-4-2-3-6-11-9/h9,11H,2-7H2,1H3,(H,12,13,14). The minimum atomic E-state index is 0.531. The zero-order valence-corrected chi connectivity index (χ0v) is 9.12. The minimum Gasteiger partial charge on any atom is -0.338 e. The first-order chi connectivity index (χ1) is 7.34. The van der Waals surface area contributed by atoms with E-state index in [0.29, 0.717) is 17.9 Å². The van der Waals surface area contributed by atoms with Gasteiger partial charge in [0.2, 0.25) is 0 Å². The lowest BCUT2D eigenvalue weighted by Crippen LogP contribution is -2.35. The van der Waals surface area contributed by atoms with Crippen LogP contribution in [0.3, 0.4) is 0 Å². The average Bonchev–Trinajstić information content (AvgIpc) is 2.66. The summed E-state index contributed by atoms with van der Waals surface area (Å²) in [4.78, 5) is 4.08. The van der Waals surface area contributed by atoms with Crippen molar-refractivity contribution in [2.24, 2.45) is 0 Å². The van der Waals surface area contributed by atoms with Crippen LogP contribution in [0.5, 0.6) is 0 Å². The van der Waals surface area contributed by atoms with E-state index in [0.717, 1.165) is 19.5 Å². The monoisotopic (exact) mass is 210 g/mol. The van der Waals surface area contributed by atoms with Crippen LogP contribution in [0.25, 0.3) is 0 Å². The Morgan fingerprint density at radius 2 is 2.47 bits per heavy atom. The molecule has 5 heteroatoms. The number of rotatable bonds is 4. The van der Waals surface area contributed by atoms with Crippen molar-refractivity contribution < 1.29 is 4.52 Å². The summed E-state index contributed by atoms with van der Waals surface area (Å²) < 4.78 is 4.96. The van der Waals surface area contributed by atoms with Crippen molar-refractivity contribution in [3.63, 3.8) is 0 Å². The summed E-state index contributed by atoms with van der Waals surface area (Å²) in [5, 5.41) is 10.4. The Hall–Kier alpha value is -1.10. The second-order valence-electron chi connectivity index (χ2n) is 4.01. The minimum absolute atomic E-state index is 0.531. The molecule has 0 aliphatic carbocycles. The molecule has 0 amide bonds. The van der Waals surface area contributed by atoms with Crippen LogP contribution in [-0.2, 0) is 0 Å². The molecular formula is C10H18N4O. The zero-order chi connectivity index (χ0) is 10.5. The molecule has 0 radical (unpaired) electrons. The predicted octanol–water partition coefficient (Wildman–Crippen LogP) is 1.32. The fraction of sp³-hybridized carbons (Fsp3) is 0.800. The molecule has 1 fully saturated rings. The lowest BCUT2D eigenvalue weighted by Gasteiger charge is -2.23. The molecule has 1 atom stereocenters. The second kappa shape index (κ2) is 5.11. The van der Waals surface area contributed by atoms with Crippen LogP contribution in [0, 0.1) is 6.92 Å². The van der Waals surface area contributed by atoms with Gasteiger partial charge in [-0.05, 0) is 32.7 Å². The second-order valence-corrected chi connectivity index (χ2v) is 4.01. The van der Waals surface area contributed by atoms with Crippen molar-refractivity contribution in [2.75, 3.05) is 18.4 Å². The van der Waals surface area contributed by atoms with Crippen molar-refractivity contribution in [3.05, 3.63) is 5.82 Å². The Morgan fingerprint density at radius 1 is 1.53 bits per heavy atom. The van der Waals surface area contributed by atoms with Crippen LogP contribution >= 0.6 is 0 Å². The van der Waals surface area contributed by atoms with Gasteiger partial charge in [-0.3, -0.25) is 0 Å². The zero-order valence-electron chi connectivity index (χ0n) is 9.12. The van der Waals surface area contributed by atoms with E-state index in [9.17, 15) is 0 Å². The Bertz CT molecular complexity index is 293. The predicted molar refractivity (Wildman–Crippen MR) is 57.8 cm³/mol. The van der Waals surface area contributed by atoms with Gasteiger partial charge < -0.3 is 15.2 Å². The van der Waals surface area contributed by atoms with Crippen molar-refractivity contribution in [1.29, 1.82) is 0 Å². The van der Waals surface area contributed by atoms with Gasteiger partial charge in [0.1, 0.15) is 0 Å². The quantitative estimate of drug-likeness (QED) is 0.784. The number of hydrogen-bond acceptors (Lipinski definition) is 5. The van der Waals surface area contributed by atoms with Crippen LogP contribution in [0.2, 0.25) is 0 Å². The molecule has 84 valence electrons. The third-order valence-corrected chi connectivity index (χ3v) is 2.71. The highest BCUT2D eigenvalue weighted by molar-refractivity contribution is 5.17. The highest BCUT2D eigenvalue weighted by Gasteiger charge is 2.12. The smallest absolute Gasteiger partial charge is 0.321 e. The van der Waals surface area contributed by atoms with Crippen LogP contribution in [-0.4, -0.2) is 29.3 Å². The summed E-state index contributed by atoms with van der Waals surface area (Å²) in [5.41, 5.74) is 0. The van der Waals surface area contributed by atoms with Crippen molar-refractivity contribution in [1.82, 2.24) is 15.5 Å². The van der Waals surface area contributed by atoms with E-state index in [1.54, 1.807) is 0 Å². The third-order valence-electron chi connectivity index (χ3n) is 2.71. The summed E-state index contributed by atoms with van der Waals surface area (Å²) in [6, 6.07) is 1.18. The van der Waals surface area contributed by atoms with Crippen molar-refractivity contribution in [3.8, 4) is 0 Å². The SMILES string of the molecule is Cc1noc(NCCC2CCCCN2)n1. The molecular weight excluding hydrogens is 192 g/mol. The molecule has 0 aromatic carbocycles. The normalized spacial score (nSPS) is 21.5. The largest absolute Gasteiger partial charge is 0.338 e. The molecule has 5 nitrogen and oxygen atoms in total. The van der Waals surface area contributed by atoms with Gasteiger partial charge in [0.25, 0.3) is 0 Å². The Morgan fingerprint density at radius 3 is 3.13 bits per heavy atom. The van der Waals surface area contributed by atoms with Gasteiger partial charge in [0, 0.05) is 12.6 Å². The summed E-state index contributed by atoms with van der Waals surface area (Å²) in [7, 11) is 0. The molecule has 2 N–H and O–H groups in total. The summed E-state index contributed by atoms with van der Waals surface area (Å²) in [6.45, 7) is 3.86. The Labute approximate surface area is 89.6 Å². The van der Waals surface area contributed by atoms with Gasteiger partial charge in [-0.15, -0.1) is 0 Å². The molecule has 15 heavy (non-hydrogen) atoms. The number of hydrogen-bond donors (Lipinski definition) is 2. The number of piperidine rings is 1. The van der Waals surface area contributed by atoms with Gasteiger partial charge >= 0.3 is 6.01 Å². The molecule has 1 aliphatic rings. The fourth-order valence-electron chi connectivity index (χ4n) is 1.89. The molecule has 2 rings (SSSR count). The molecule has 2 heterocycles. The maximum Gasteiger partial charge on any atom is 0.321 e. The number of aromatic nitrogens is 2. The fourth-order valence-corrected chi connectivity index (χ4v) is 1.89. The first kappa shape index (κ1) is 10.4. The summed E-state index contributed by atoms with van der Waals surface area (Å²) in [5.74, 6) is 0.674.